The van der Waals surface area contributed by atoms with Gasteiger partial charge in [-0.3, -0.25) is 10.1 Å². The van der Waals surface area contributed by atoms with Crippen molar-refractivity contribution in [2.24, 2.45) is 5.73 Å². The molecule has 0 bridgehead atoms. The third kappa shape index (κ3) is 5.22. The van der Waals surface area contributed by atoms with Crippen molar-refractivity contribution >= 4 is 39.7 Å². The van der Waals surface area contributed by atoms with Gasteiger partial charge in [-0.05, 0) is 26.0 Å². The van der Waals surface area contributed by atoms with Gasteiger partial charge in [0.25, 0.3) is 5.69 Å². The van der Waals surface area contributed by atoms with Crippen molar-refractivity contribution in [3.05, 3.63) is 33.3 Å². The number of halogens is 2. The number of hydrogen-bond donors (Lipinski definition) is 2. The molecule has 1 aromatic rings. The third-order valence-electron chi connectivity index (χ3n) is 2.13. The SMILES string of the molecule is CC(C)(N)CNS(=O)(=O)c1cc(Cl)ccc1[N+](=O)[O-].Cl. The van der Waals surface area contributed by atoms with Gasteiger partial charge in [-0.2, -0.15) is 0 Å². The predicted octanol–water partition coefficient (Wildman–Crippen LogP) is 1.69. The highest BCUT2D eigenvalue weighted by atomic mass is 35.5. The summed E-state index contributed by atoms with van der Waals surface area (Å²) in [6.45, 7) is 3.20. The molecule has 114 valence electrons. The summed E-state index contributed by atoms with van der Waals surface area (Å²) in [6.07, 6.45) is 0. The summed E-state index contributed by atoms with van der Waals surface area (Å²) in [7, 11) is -4.05. The maximum atomic E-state index is 12.0. The summed E-state index contributed by atoms with van der Waals surface area (Å²) in [5, 5.41) is 10.9. The zero-order valence-corrected chi connectivity index (χ0v) is 13.2. The first-order valence-corrected chi connectivity index (χ1v) is 7.11. The molecule has 0 spiro atoms. The van der Waals surface area contributed by atoms with Gasteiger partial charge in [0, 0.05) is 23.2 Å². The number of nitro benzene ring substituents is 1. The zero-order chi connectivity index (χ0) is 14.8. The number of benzene rings is 1. The molecule has 0 atom stereocenters. The van der Waals surface area contributed by atoms with Gasteiger partial charge in [-0.25, -0.2) is 13.1 Å². The molecule has 0 saturated heterocycles. The molecule has 0 aliphatic carbocycles. The molecular formula is C10H15Cl2N3O4S. The Balaban J connectivity index is 0.00000361. The quantitative estimate of drug-likeness (QED) is 0.623. The first-order chi connectivity index (χ1) is 8.53. The lowest BCUT2D eigenvalue weighted by atomic mass is 10.1. The van der Waals surface area contributed by atoms with Crippen LogP contribution in [0, 0.1) is 10.1 Å². The second-order valence-electron chi connectivity index (χ2n) is 4.68. The summed E-state index contributed by atoms with van der Waals surface area (Å²) in [5.74, 6) is 0. The van der Waals surface area contributed by atoms with Gasteiger partial charge in [-0.15, -0.1) is 12.4 Å². The second-order valence-corrected chi connectivity index (χ2v) is 6.85. The van der Waals surface area contributed by atoms with Crippen molar-refractivity contribution in [2.45, 2.75) is 24.3 Å². The van der Waals surface area contributed by atoms with E-state index in [1.165, 1.54) is 6.07 Å². The highest BCUT2D eigenvalue weighted by Crippen LogP contribution is 2.26. The van der Waals surface area contributed by atoms with E-state index in [1.54, 1.807) is 13.8 Å². The lowest BCUT2D eigenvalue weighted by Gasteiger charge is -2.18. The number of sulfonamides is 1. The molecule has 20 heavy (non-hydrogen) atoms. The van der Waals surface area contributed by atoms with Gasteiger partial charge < -0.3 is 5.73 Å². The molecule has 0 saturated carbocycles. The largest absolute Gasteiger partial charge is 0.324 e. The smallest absolute Gasteiger partial charge is 0.289 e. The first kappa shape index (κ1) is 19.1. The van der Waals surface area contributed by atoms with Crippen molar-refractivity contribution in [3.63, 3.8) is 0 Å². The van der Waals surface area contributed by atoms with Crippen LogP contribution >= 0.6 is 24.0 Å². The summed E-state index contributed by atoms with van der Waals surface area (Å²) >= 11 is 5.68. The van der Waals surface area contributed by atoms with Crippen LogP contribution in [0.5, 0.6) is 0 Å². The van der Waals surface area contributed by atoms with E-state index in [0.717, 1.165) is 12.1 Å². The third-order valence-corrected chi connectivity index (χ3v) is 3.79. The molecule has 0 fully saturated rings. The summed E-state index contributed by atoms with van der Waals surface area (Å²) in [4.78, 5) is 9.57. The van der Waals surface area contributed by atoms with Crippen LogP contribution in [0.25, 0.3) is 0 Å². The van der Waals surface area contributed by atoms with E-state index >= 15 is 0 Å². The highest BCUT2D eigenvalue weighted by Gasteiger charge is 2.27. The molecule has 0 heterocycles. The molecule has 1 aromatic carbocycles. The van der Waals surface area contributed by atoms with Crippen molar-refractivity contribution in [1.29, 1.82) is 0 Å². The lowest BCUT2D eigenvalue weighted by Crippen LogP contribution is -2.45. The Morgan fingerprint density at radius 2 is 2.00 bits per heavy atom. The first-order valence-electron chi connectivity index (χ1n) is 5.25. The number of hydrogen-bond acceptors (Lipinski definition) is 5. The molecule has 0 radical (unpaired) electrons. The van der Waals surface area contributed by atoms with Crippen molar-refractivity contribution in [1.82, 2.24) is 4.72 Å². The van der Waals surface area contributed by atoms with Crippen LogP contribution in [0.4, 0.5) is 5.69 Å². The summed E-state index contributed by atoms with van der Waals surface area (Å²) < 4.78 is 26.3. The van der Waals surface area contributed by atoms with E-state index in [9.17, 15) is 18.5 Å². The van der Waals surface area contributed by atoms with Crippen LogP contribution in [0.15, 0.2) is 23.1 Å². The topological polar surface area (TPSA) is 115 Å². The van der Waals surface area contributed by atoms with Gasteiger partial charge in [-0.1, -0.05) is 11.6 Å². The van der Waals surface area contributed by atoms with Gasteiger partial charge in [0.1, 0.15) is 0 Å². The fourth-order valence-electron chi connectivity index (χ4n) is 1.21. The van der Waals surface area contributed by atoms with E-state index < -0.39 is 31.1 Å². The number of nitro groups is 1. The van der Waals surface area contributed by atoms with Crippen LogP contribution in [0.1, 0.15) is 13.8 Å². The normalized spacial score (nSPS) is 11.8. The van der Waals surface area contributed by atoms with Crippen molar-refractivity contribution in [3.8, 4) is 0 Å². The minimum Gasteiger partial charge on any atom is -0.324 e. The number of nitrogens with zero attached hydrogens (tertiary/aromatic N) is 1. The number of rotatable bonds is 5. The minimum atomic E-state index is -4.05. The van der Waals surface area contributed by atoms with Crippen LogP contribution in [0.3, 0.4) is 0 Å². The molecule has 0 aliphatic heterocycles. The van der Waals surface area contributed by atoms with Crippen LogP contribution < -0.4 is 10.5 Å². The van der Waals surface area contributed by atoms with Crippen LogP contribution in [0.2, 0.25) is 5.02 Å². The van der Waals surface area contributed by atoms with Crippen molar-refractivity contribution < 1.29 is 13.3 Å². The van der Waals surface area contributed by atoms with E-state index in [-0.39, 0.29) is 24.0 Å². The van der Waals surface area contributed by atoms with Gasteiger partial charge in [0.2, 0.25) is 10.0 Å². The number of nitrogens with one attached hydrogen (secondary N) is 1. The van der Waals surface area contributed by atoms with E-state index in [0.29, 0.717) is 0 Å². The maximum absolute atomic E-state index is 12.0. The second kappa shape index (κ2) is 6.68. The molecule has 7 nitrogen and oxygen atoms in total. The Morgan fingerprint density at radius 1 is 1.45 bits per heavy atom. The molecule has 0 unspecified atom stereocenters. The van der Waals surface area contributed by atoms with Crippen LogP contribution in [-0.2, 0) is 10.0 Å². The Labute approximate surface area is 128 Å². The van der Waals surface area contributed by atoms with E-state index in [1.807, 2.05) is 0 Å². The lowest BCUT2D eigenvalue weighted by molar-refractivity contribution is -0.387. The zero-order valence-electron chi connectivity index (χ0n) is 10.8. The molecule has 1 rings (SSSR count). The average Bonchev–Trinajstić information content (AvgIpc) is 2.25. The molecule has 0 aromatic heterocycles. The molecule has 0 aliphatic rings. The fraction of sp³-hybridized carbons (Fsp3) is 0.400. The average molecular weight is 344 g/mol. The Hall–Kier alpha value is -0.930. The van der Waals surface area contributed by atoms with E-state index in [2.05, 4.69) is 4.72 Å². The van der Waals surface area contributed by atoms with Crippen molar-refractivity contribution in [2.75, 3.05) is 6.54 Å². The van der Waals surface area contributed by atoms with Gasteiger partial charge in [0.05, 0.1) is 4.92 Å². The summed E-state index contributed by atoms with van der Waals surface area (Å²) in [6, 6.07) is 3.33. The highest BCUT2D eigenvalue weighted by molar-refractivity contribution is 7.89. The van der Waals surface area contributed by atoms with Crippen LogP contribution in [-0.4, -0.2) is 25.4 Å². The maximum Gasteiger partial charge on any atom is 0.289 e. The fourth-order valence-corrected chi connectivity index (χ4v) is 2.87. The Bertz CT molecular complexity index is 599. The molecule has 3 N–H and O–H groups in total. The molecular weight excluding hydrogens is 329 g/mol. The Morgan fingerprint density at radius 3 is 2.45 bits per heavy atom. The standard InChI is InChI=1S/C10H14ClN3O4S.ClH/c1-10(2,12)6-13-19(17,18)9-5-7(11)3-4-8(9)14(15)16;/h3-5,13H,6,12H2,1-2H3;1H. The van der Waals surface area contributed by atoms with Gasteiger partial charge in [0.15, 0.2) is 4.90 Å². The molecule has 10 heteroatoms. The molecule has 0 amide bonds. The van der Waals surface area contributed by atoms with E-state index in [4.69, 9.17) is 17.3 Å². The predicted molar refractivity (Wildman–Crippen MR) is 78.8 cm³/mol. The summed E-state index contributed by atoms with van der Waals surface area (Å²) in [5.41, 5.74) is 4.35. The van der Waals surface area contributed by atoms with Gasteiger partial charge >= 0.3 is 0 Å². The monoisotopic (exact) mass is 343 g/mol. The Kier molecular flexibility index (Phi) is 6.37. The number of nitrogens with two attached hydrogens (primary N) is 1. The minimum absolute atomic E-state index is 0.